The van der Waals surface area contributed by atoms with E-state index in [-0.39, 0.29) is 18.3 Å². The minimum absolute atomic E-state index is 0.0451. The number of primary sulfonamides is 1. The zero-order valence-electron chi connectivity index (χ0n) is 9.83. The molecule has 8 nitrogen and oxygen atoms in total. The summed E-state index contributed by atoms with van der Waals surface area (Å²) >= 11 is 0. The van der Waals surface area contributed by atoms with Crippen molar-refractivity contribution in [1.29, 1.82) is 0 Å². The van der Waals surface area contributed by atoms with Gasteiger partial charge in [-0.05, 0) is 12.8 Å². The highest BCUT2D eigenvalue weighted by molar-refractivity contribution is 7.89. The number of aliphatic carboxylic acids is 1. The van der Waals surface area contributed by atoms with Gasteiger partial charge in [-0.15, -0.1) is 0 Å². The van der Waals surface area contributed by atoms with Gasteiger partial charge in [0.1, 0.15) is 0 Å². The van der Waals surface area contributed by atoms with Crippen LogP contribution in [0.2, 0.25) is 0 Å². The summed E-state index contributed by atoms with van der Waals surface area (Å²) in [5.74, 6) is -1.56. The maximum atomic E-state index is 11.6. The molecule has 0 radical (unpaired) electrons. The second kappa shape index (κ2) is 6.01. The van der Waals surface area contributed by atoms with Gasteiger partial charge in [-0.25, -0.2) is 18.4 Å². The van der Waals surface area contributed by atoms with Crippen LogP contribution in [-0.2, 0) is 14.8 Å². The van der Waals surface area contributed by atoms with Crippen LogP contribution in [0.1, 0.15) is 12.8 Å². The van der Waals surface area contributed by atoms with Crippen LogP contribution >= 0.6 is 0 Å². The van der Waals surface area contributed by atoms with Gasteiger partial charge in [-0.1, -0.05) is 0 Å². The molecule has 1 heterocycles. The molecule has 0 spiro atoms. The molecular formula is C9H17N3O5S. The van der Waals surface area contributed by atoms with E-state index in [9.17, 15) is 18.0 Å². The summed E-state index contributed by atoms with van der Waals surface area (Å²) in [4.78, 5) is 23.8. The number of piperidine rings is 1. The van der Waals surface area contributed by atoms with E-state index in [1.165, 1.54) is 4.90 Å². The molecule has 9 heteroatoms. The lowest BCUT2D eigenvalue weighted by molar-refractivity contribution is -0.143. The lowest BCUT2D eigenvalue weighted by Crippen LogP contribution is -2.46. The SMILES string of the molecule is NS(=O)(=O)CCNC(=O)N1CCC(C(=O)O)CC1. The molecule has 1 aliphatic rings. The fourth-order valence-electron chi connectivity index (χ4n) is 1.74. The minimum atomic E-state index is -3.58. The molecule has 0 unspecified atom stereocenters. The first-order valence-electron chi connectivity index (χ1n) is 5.55. The van der Waals surface area contributed by atoms with Crippen LogP contribution in [0.4, 0.5) is 4.79 Å². The molecule has 1 aliphatic heterocycles. The number of carbonyl (C=O) groups excluding carboxylic acids is 1. The third-order valence-electron chi connectivity index (χ3n) is 2.79. The first-order valence-corrected chi connectivity index (χ1v) is 7.27. The quantitative estimate of drug-likeness (QED) is 0.594. The van der Waals surface area contributed by atoms with Gasteiger partial charge in [0, 0.05) is 19.6 Å². The van der Waals surface area contributed by atoms with Crippen LogP contribution in [0.15, 0.2) is 0 Å². The third-order valence-corrected chi connectivity index (χ3v) is 3.57. The van der Waals surface area contributed by atoms with E-state index in [1.54, 1.807) is 0 Å². The van der Waals surface area contributed by atoms with Gasteiger partial charge >= 0.3 is 12.0 Å². The van der Waals surface area contributed by atoms with Gasteiger partial charge in [-0.3, -0.25) is 4.79 Å². The van der Waals surface area contributed by atoms with Crippen LogP contribution in [0, 0.1) is 5.92 Å². The molecular weight excluding hydrogens is 262 g/mol. The van der Waals surface area contributed by atoms with Crippen molar-refractivity contribution in [3.8, 4) is 0 Å². The van der Waals surface area contributed by atoms with Crippen LogP contribution in [0.3, 0.4) is 0 Å². The lowest BCUT2D eigenvalue weighted by Gasteiger charge is -2.30. The maximum Gasteiger partial charge on any atom is 0.317 e. The van der Waals surface area contributed by atoms with Gasteiger partial charge in [0.05, 0.1) is 11.7 Å². The maximum absolute atomic E-state index is 11.6. The molecule has 18 heavy (non-hydrogen) atoms. The molecule has 0 aromatic heterocycles. The predicted molar refractivity (Wildman–Crippen MR) is 63.3 cm³/mol. The zero-order valence-corrected chi connectivity index (χ0v) is 10.6. The fourth-order valence-corrected chi connectivity index (χ4v) is 2.13. The smallest absolute Gasteiger partial charge is 0.317 e. The first-order chi connectivity index (χ1) is 8.29. The Bertz CT molecular complexity index is 414. The number of likely N-dealkylation sites (tertiary alicyclic amines) is 1. The van der Waals surface area contributed by atoms with Gasteiger partial charge in [0.2, 0.25) is 10.0 Å². The molecule has 0 atom stereocenters. The Morgan fingerprint density at radius 3 is 2.33 bits per heavy atom. The van der Waals surface area contributed by atoms with Gasteiger partial charge in [-0.2, -0.15) is 0 Å². The number of urea groups is 1. The summed E-state index contributed by atoms with van der Waals surface area (Å²) in [5.41, 5.74) is 0. The van der Waals surface area contributed by atoms with Gasteiger partial charge in [0.15, 0.2) is 0 Å². The molecule has 2 amide bonds. The van der Waals surface area contributed by atoms with Crippen molar-refractivity contribution in [2.75, 3.05) is 25.4 Å². The molecule has 0 bridgehead atoms. The van der Waals surface area contributed by atoms with Crippen molar-refractivity contribution in [3.63, 3.8) is 0 Å². The van der Waals surface area contributed by atoms with Crippen molar-refractivity contribution in [2.24, 2.45) is 11.1 Å². The second-order valence-electron chi connectivity index (χ2n) is 4.20. The second-order valence-corrected chi connectivity index (χ2v) is 5.93. The Kier molecular flexibility index (Phi) is 4.91. The average molecular weight is 279 g/mol. The Morgan fingerprint density at radius 2 is 1.89 bits per heavy atom. The van der Waals surface area contributed by atoms with E-state index in [0.717, 1.165) is 0 Å². The highest BCUT2D eigenvalue weighted by Crippen LogP contribution is 2.16. The number of hydrogen-bond donors (Lipinski definition) is 3. The van der Waals surface area contributed by atoms with Crippen LogP contribution in [-0.4, -0.2) is 55.8 Å². The van der Waals surface area contributed by atoms with E-state index in [2.05, 4.69) is 5.32 Å². The highest BCUT2D eigenvalue weighted by atomic mass is 32.2. The Morgan fingerprint density at radius 1 is 1.33 bits per heavy atom. The van der Waals surface area contributed by atoms with Crippen LogP contribution in [0.25, 0.3) is 0 Å². The molecule has 1 saturated heterocycles. The van der Waals surface area contributed by atoms with Crippen molar-refractivity contribution in [3.05, 3.63) is 0 Å². The number of sulfonamides is 1. The van der Waals surface area contributed by atoms with Gasteiger partial charge < -0.3 is 15.3 Å². The monoisotopic (exact) mass is 279 g/mol. The first kappa shape index (κ1) is 14.7. The Labute approximate surface area is 105 Å². The molecule has 0 saturated carbocycles. The molecule has 1 fully saturated rings. The van der Waals surface area contributed by atoms with E-state index >= 15 is 0 Å². The van der Waals surface area contributed by atoms with Crippen LogP contribution < -0.4 is 10.5 Å². The summed E-state index contributed by atoms with van der Waals surface area (Å²) in [6.07, 6.45) is 0.829. The number of nitrogens with two attached hydrogens (primary N) is 1. The Hall–Kier alpha value is -1.35. The molecule has 0 aromatic rings. The topological polar surface area (TPSA) is 130 Å². The van der Waals surface area contributed by atoms with E-state index < -0.39 is 21.9 Å². The molecule has 1 rings (SSSR count). The standard InChI is InChI=1S/C9H17N3O5S/c10-18(16,17)6-3-11-9(15)12-4-1-7(2-5-12)8(13)14/h7H,1-6H2,(H,11,15)(H,13,14)(H2,10,16,17). The van der Waals surface area contributed by atoms with E-state index in [1.807, 2.05) is 0 Å². The molecule has 104 valence electrons. The largest absolute Gasteiger partial charge is 0.481 e. The number of carbonyl (C=O) groups is 2. The molecule has 4 N–H and O–H groups in total. The Balaban J connectivity index is 2.30. The molecule has 0 aromatic carbocycles. The fraction of sp³-hybridized carbons (Fsp3) is 0.778. The number of amides is 2. The summed E-state index contributed by atoms with van der Waals surface area (Å²) in [6, 6.07) is -0.387. The van der Waals surface area contributed by atoms with E-state index in [4.69, 9.17) is 10.2 Å². The summed E-state index contributed by atoms with van der Waals surface area (Å²) < 4.78 is 21.3. The third kappa shape index (κ3) is 4.88. The van der Waals surface area contributed by atoms with Crippen molar-refractivity contribution < 1.29 is 23.1 Å². The number of carboxylic acid groups (broad SMARTS) is 1. The van der Waals surface area contributed by atoms with Crippen molar-refractivity contribution >= 4 is 22.0 Å². The number of nitrogens with zero attached hydrogens (tertiary/aromatic N) is 1. The van der Waals surface area contributed by atoms with Crippen molar-refractivity contribution in [1.82, 2.24) is 10.2 Å². The lowest BCUT2D eigenvalue weighted by atomic mass is 9.97. The predicted octanol–water partition coefficient (Wildman–Crippen LogP) is -1.22. The number of hydrogen-bond acceptors (Lipinski definition) is 4. The number of nitrogens with one attached hydrogen (secondary N) is 1. The van der Waals surface area contributed by atoms with Gasteiger partial charge in [0.25, 0.3) is 0 Å². The normalized spacial score (nSPS) is 17.5. The summed E-state index contributed by atoms with van der Waals surface area (Å²) in [7, 11) is -3.58. The number of rotatable bonds is 4. The zero-order chi connectivity index (χ0) is 13.8. The van der Waals surface area contributed by atoms with Crippen molar-refractivity contribution in [2.45, 2.75) is 12.8 Å². The number of carboxylic acids is 1. The minimum Gasteiger partial charge on any atom is -0.481 e. The summed E-state index contributed by atoms with van der Waals surface area (Å²) in [5, 5.41) is 16.0. The average Bonchev–Trinajstić information content (AvgIpc) is 2.27. The highest BCUT2D eigenvalue weighted by Gasteiger charge is 2.26. The van der Waals surface area contributed by atoms with E-state index in [0.29, 0.717) is 25.9 Å². The van der Waals surface area contributed by atoms with Crippen LogP contribution in [0.5, 0.6) is 0 Å². The summed E-state index contributed by atoms with van der Waals surface area (Å²) in [6.45, 7) is 0.673. The molecule has 0 aliphatic carbocycles.